The van der Waals surface area contributed by atoms with Gasteiger partial charge >= 0.3 is 0 Å². The topological polar surface area (TPSA) is 29.9 Å². The molecule has 3 nitrogen and oxygen atoms in total. The molecule has 0 fully saturated rings. The number of nitrogens with zero attached hydrogens (tertiary/aromatic N) is 2. The summed E-state index contributed by atoms with van der Waals surface area (Å²) in [5.74, 6) is 0. The van der Waals surface area contributed by atoms with E-state index in [1.807, 2.05) is 7.05 Å². The second kappa shape index (κ2) is 4.38. The number of aryl methyl sites for hydroxylation is 2. The zero-order valence-corrected chi connectivity index (χ0v) is 12.4. The zero-order valence-electron chi connectivity index (χ0n) is 11.6. The van der Waals surface area contributed by atoms with Gasteiger partial charge in [0.15, 0.2) is 5.13 Å². The Kier molecular flexibility index (Phi) is 2.82. The number of hydrogen-bond donors (Lipinski definition) is 1. The molecule has 0 saturated carbocycles. The summed E-state index contributed by atoms with van der Waals surface area (Å²) in [6.07, 6.45) is 0. The van der Waals surface area contributed by atoms with Gasteiger partial charge in [-0.25, -0.2) is 4.98 Å². The third-order valence-corrected chi connectivity index (χ3v) is 4.48. The van der Waals surface area contributed by atoms with Gasteiger partial charge in [-0.2, -0.15) is 0 Å². The van der Waals surface area contributed by atoms with Gasteiger partial charge < -0.3 is 9.88 Å². The Morgan fingerprint density at radius 2 is 2.05 bits per heavy atom. The van der Waals surface area contributed by atoms with Crippen LogP contribution in [0.1, 0.15) is 11.3 Å². The van der Waals surface area contributed by atoms with Gasteiger partial charge in [-0.3, -0.25) is 0 Å². The van der Waals surface area contributed by atoms with Gasteiger partial charge in [0.2, 0.25) is 0 Å². The first kappa shape index (κ1) is 12.2. The fourth-order valence-corrected chi connectivity index (χ4v) is 3.16. The summed E-state index contributed by atoms with van der Waals surface area (Å²) < 4.78 is 2.25. The minimum Gasteiger partial charge on any atom is -0.365 e. The molecule has 98 valence electrons. The molecule has 0 bridgehead atoms. The molecule has 2 aromatic heterocycles. The molecule has 3 aromatic rings. The Morgan fingerprint density at radius 3 is 2.74 bits per heavy atom. The van der Waals surface area contributed by atoms with Crippen molar-refractivity contribution in [2.24, 2.45) is 7.05 Å². The molecular weight excluding hydrogens is 254 g/mol. The molecule has 0 aliphatic heterocycles. The molecule has 4 heteroatoms. The fourth-order valence-electron chi connectivity index (χ4n) is 2.50. The Morgan fingerprint density at radius 1 is 1.26 bits per heavy atom. The predicted octanol–water partition coefficient (Wildman–Crippen LogP) is 3.96. The molecule has 2 heterocycles. The van der Waals surface area contributed by atoms with Crippen molar-refractivity contribution in [3.63, 3.8) is 0 Å². The maximum absolute atomic E-state index is 4.64. The zero-order chi connectivity index (χ0) is 13.6. The Hall–Kier alpha value is -1.81. The summed E-state index contributed by atoms with van der Waals surface area (Å²) in [5.41, 5.74) is 6.12. The number of anilines is 1. The summed E-state index contributed by atoms with van der Waals surface area (Å²) in [6.45, 7) is 4.28. The van der Waals surface area contributed by atoms with Crippen LogP contribution >= 0.6 is 11.3 Å². The highest BCUT2D eigenvalue weighted by Gasteiger charge is 2.15. The summed E-state index contributed by atoms with van der Waals surface area (Å²) in [6, 6.07) is 6.60. The second-order valence-corrected chi connectivity index (χ2v) is 5.69. The SMILES string of the molecule is CNc1nc(-c2c(C)n(C)c3cc(C)ccc23)cs1. The van der Waals surface area contributed by atoms with Crippen LogP contribution in [0.4, 0.5) is 5.13 Å². The normalized spacial score (nSPS) is 11.2. The average Bonchev–Trinajstić information content (AvgIpc) is 2.96. The molecule has 0 atom stereocenters. The van der Waals surface area contributed by atoms with E-state index in [4.69, 9.17) is 0 Å². The van der Waals surface area contributed by atoms with Crippen LogP contribution in [0.5, 0.6) is 0 Å². The van der Waals surface area contributed by atoms with Gasteiger partial charge in [0, 0.05) is 41.6 Å². The number of thiazole rings is 1. The number of nitrogens with one attached hydrogen (secondary N) is 1. The summed E-state index contributed by atoms with van der Waals surface area (Å²) in [5, 5.41) is 7.45. The van der Waals surface area contributed by atoms with Crippen molar-refractivity contribution in [2.75, 3.05) is 12.4 Å². The number of aromatic nitrogens is 2. The number of fused-ring (bicyclic) bond motifs is 1. The van der Waals surface area contributed by atoms with E-state index < -0.39 is 0 Å². The van der Waals surface area contributed by atoms with Gasteiger partial charge in [-0.1, -0.05) is 12.1 Å². The quantitative estimate of drug-likeness (QED) is 0.764. The van der Waals surface area contributed by atoms with Crippen LogP contribution in [-0.4, -0.2) is 16.6 Å². The highest BCUT2D eigenvalue weighted by Crippen LogP contribution is 2.35. The van der Waals surface area contributed by atoms with E-state index >= 15 is 0 Å². The molecular formula is C15H17N3S. The minimum absolute atomic E-state index is 0.957. The Labute approximate surface area is 116 Å². The van der Waals surface area contributed by atoms with Crippen molar-refractivity contribution < 1.29 is 0 Å². The molecule has 0 aliphatic carbocycles. The lowest BCUT2D eigenvalue weighted by atomic mass is 10.1. The lowest BCUT2D eigenvalue weighted by Crippen LogP contribution is -1.91. The van der Waals surface area contributed by atoms with Gasteiger partial charge in [0.25, 0.3) is 0 Å². The molecule has 1 aromatic carbocycles. The monoisotopic (exact) mass is 271 g/mol. The molecule has 0 unspecified atom stereocenters. The molecule has 3 rings (SSSR count). The van der Waals surface area contributed by atoms with Gasteiger partial charge in [-0.15, -0.1) is 11.3 Å². The van der Waals surface area contributed by atoms with Crippen LogP contribution in [0.2, 0.25) is 0 Å². The van der Waals surface area contributed by atoms with Crippen molar-refractivity contribution in [1.29, 1.82) is 0 Å². The van der Waals surface area contributed by atoms with Crippen LogP contribution < -0.4 is 5.32 Å². The highest BCUT2D eigenvalue weighted by atomic mass is 32.1. The van der Waals surface area contributed by atoms with E-state index in [0.717, 1.165) is 10.8 Å². The van der Waals surface area contributed by atoms with Crippen molar-refractivity contribution >= 4 is 27.4 Å². The van der Waals surface area contributed by atoms with E-state index in [9.17, 15) is 0 Å². The second-order valence-electron chi connectivity index (χ2n) is 4.83. The molecule has 0 aliphatic rings. The van der Waals surface area contributed by atoms with E-state index in [2.05, 4.69) is 59.3 Å². The molecule has 1 N–H and O–H groups in total. The number of rotatable bonds is 2. The minimum atomic E-state index is 0.957. The summed E-state index contributed by atoms with van der Waals surface area (Å²) >= 11 is 1.64. The Bertz CT molecular complexity index is 752. The van der Waals surface area contributed by atoms with E-state index in [1.54, 1.807) is 11.3 Å². The summed E-state index contributed by atoms with van der Waals surface area (Å²) in [7, 11) is 4.02. The van der Waals surface area contributed by atoms with Crippen LogP contribution in [0, 0.1) is 13.8 Å². The smallest absolute Gasteiger partial charge is 0.182 e. The van der Waals surface area contributed by atoms with Crippen molar-refractivity contribution in [1.82, 2.24) is 9.55 Å². The molecule has 19 heavy (non-hydrogen) atoms. The Balaban J connectivity index is 2.31. The van der Waals surface area contributed by atoms with Crippen molar-refractivity contribution in [2.45, 2.75) is 13.8 Å². The molecule has 0 spiro atoms. The first-order valence-corrected chi connectivity index (χ1v) is 7.19. The van der Waals surface area contributed by atoms with Crippen molar-refractivity contribution in [3.05, 3.63) is 34.8 Å². The van der Waals surface area contributed by atoms with Crippen molar-refractivity contribution in [3.8, 4) is 11.3 Å². The van der Waals surface area contributed by atoms with Gasteiger partial charge in [-0.05, 0) is 25.5 Å². The van der Waals surface area contributed by atoms with E-state index in [0.29, 0.717) is 0 Å². The standard InChI is InChI=1S/C15H17N3S/c1-9-5-6-11-13(7-9)18(4)10(2)14(11)12-8-19-15(16-3)17-12/h5-8H,1-4H3,(H,16,17). The van der Waals surface area contributed by atoms with Gasteiger partial charge in [0.1, 0.15) is 0 Å². The molecule has 0 saturated heterocycles. The predicted molar refractivity (Wildman–Crippen MR) is 83.0 cm³/mol. The van der Waals surface area contributed by atoms with Crippen LogP contribution in [0.25, 0.3) is 22.2 Å². The lowest BCUT2D eigenvalue weighted by molar-refractivity contribution is 0.918. The van der Waals surface area contributed by atoms with Gasteiger partial charge in [0.05, 0.1) is 5.69 Å². The van der Waals surface area contributed by atoms with E-state index in [-0.39, 0.29) is 0 Å². The average molecular weight is 271 g/mol. The molecule has 0 radical (unpaired) electrons. The van der Waals surface area contributed by atoms with Crippen LogP contribution in [-0.2, 0) is 7.05 Å². The maximum atomic E-state index is 4.64. The van der Waals surface area contributed by atoms with E-state index in [1.165, 1.54) is 27.7 Å². The third-order valence-electron chi connectivity index (χ3n) is 3.62. The third kappa shape index (κ3) is 1.83. The fraction of sp³-hybridized carbons (Fsp3) is 0.267. The largest absolute Gasteiger partial charge is 0.365 e. The van der Waals surface area contributed by atoms with Crippen LogP contribution in [0.15, 0.2) is 23.6 Å². The number of benzene rings is 1. The summed E-state index contributed by atoms with van der Waals surface area (Å²) in [4.78, 5) is 4.64. The number of hydrogen-bond acceptors (Lipinski definition) is 3. The highest BCUT2D eigenvalue weighted by molar-refractivity contribution is 7.14. The lowest BCUT2D eigenvalue weighted by Gasteiger charge is -1.99. The maximum Gasteiger partial charge on any atom is 0.182 e. The first-order chi connectivity index (χ1) is 9.11. The van der Waals surface area contributed by atoms with Crippen LogP contribution in [0.3, 0.4) is 0 Å². The first-order valence-electron chi connectivity index (χ1n) is 6.31. The molecule has 0 amide bonds.